The summed E-state index contributed by atoms with van der Waals surface area (Å²) in [6.07, 6.45) is 1.86. The first-order valence-electron chi connectivity index (χ1n) is 7.16. The first kappa shape index (κ1) is 20.5. The van der Waals surface area contributed by atoms with Crippen LogP contribution in [0.5, 0.6) is 0 Å². The Kier molecular flexibility index (Phi) is 7.58. The molecule has 1 rings (SSSR count). The van der Waals surface area contributed by atoms with Crippen LogP contribution in [0, 0.1) is 0 Å². The van der Waals surface area contributed by atoms with Crippen molar-refractivity contribution in [2.45, 2.75) is 30.8 Å². The van der Waals surface area contributed by atoms with Gasteiger partial charge in [0.25, 0.3) is 5.08 Å². The molecule has 0 saturated carbocycles. The van der Waals surface area contributed by atoms with Crippen LogP contribution >= 0.6 is 15.2 Å². The van der Waals surface area contributed by atoms with Gasteiger partial charge in [-0.15, -0.1) is 0 Å². The van der Waals surface area contributed by atoms with Gasteiger partial charge in [0.2, 0.25) is 0 Å². The van der Waals surface area contributed by atoms with Crippen molar-refractivity contribution >= 4 is 15.2 Å². The summed E-state index contributed by atoms with van der Waals surface area (Å²) in [5, 5.41) is 9.16. The third-order valence-corrected chi connectivity index (χ3v) is 7.36. The Morgan fingerprint density at radius 2 is 1.48 bits per heavy atom. The van der Waals surface area contributed by atoms with E-state index in [4.69, 9.17) is 19.6 Å². The van der Waals surface area contributed by atoms with Gasteiger partial charge in [-0.3, -0.25) is 9.13 Å². The van der Waals surface area contributed by atoms with Crippen LogP contribution in [-0.2, 0) is 15.6 Å². The van der Waals surface area contributed by atoms with Crippen LogP contribution < -0.4 is 5.32 Å². The minimum absolute atomic E-state index is 0.113. The standard InChI is InChI=1S/C13H23NO7P2/c15-13(22(16,17)18,23(19,20)21)9-11-14-10-5-4-8-12-6-2-1-3-7-12/h1-3,6-7,14-15H,4-5,8-11H2,(H2,16,17,18)(H2,19,20,21). The lowest BCUT2D eigenvalue weighted by atomic mass is 10.1. The topological polar surface area (TPSA) is 147 Å². The maximum absolute atomic E-state index is 11.1. The molecule has 0 aliphatic rings. The van der Waals surface area contributed by atoms with Gasteiger partial charge in [0.05, 0.1) is 0 Å². The molecule has 0 heterocycles. The second-order valence-corrected chi connectivity index (χ2v) is 9.31. The van der Waals surface area contributed by atoms with Crippen LogP contribution in [0.2, 0.25) is 0 Å². The highest BCUT2D eigenvalue weighted by Crippen LogP contribution is 2.68. The molecule has 0 radical (unpaired) electrons. The fourth-order valence-corrected chi connectivity index (χ4v) is 4.23. The number of hydrogen-bond donors (Lipinski definition) is 6. The number of nitrogens with one attached hydrogen (secondary N) is 1. The molecule has 132 valence electrons. The SMILES string of the molecule is O=P(O)(O)C(O)(CCNCCCCc1ccccc1)P(=O)(O)O. The first-order valence-corrected chi connectivity index (χ1v) is 10.4. The van der Waals surface area contributed by atoms with Crippen molar-refractivity contribution in [3.05, 3.63) is 35.9 Å². The van der Waals surface area contributed by atoms with E-state index in [-0.39, 0.29) is 6.54 Å². The van der Waals surface area contributed by atoms with Crippen LogP contribution in [0.25, 0.3) is 0 Å². The van der Waals surface area contributed by atoms with Crippen molar-refractivity contribution in [2.75, 3.05) is 13.1 Å². The molecule has 0 fully saturated rings. The summed E-state index contributed by atoms with van der Waals surface area (Å²) in [6, 6.07) is 9.90. The van der Waals surface area contributed by atoms with Crippen LogP contribution in [0.3, 0.4) is 0 Å². The maximum atomic E-state index is 11.1. The summed E-state index contributed by atoms with van der Waals surface area (Å²) in [5.74, 6) is 0. The van der Waals surface area contributed by atoms with Crippen LogP contribution in [0.1, 0.15) is 24.8 Å². The summed E-state index contributed by atoms with van der Waals surface area (Å²) in [7, 11) is -10.7. The Morgan fingerprint density at radius 1 is 0.913 bits per heavy atom. The Hall–Kier alpha value is -0.560. The highest BCUT2D eigenvalue weighted by Gasteiger charge is 2.58. The summed E-state index contributed by atoms with van der Waals surface area (Å²) in [6.45, 7) is 0.406. The highest BCUT2D eigenvalue weighted by molar-refractivity contribution is 7.72. The summed E-state index contributed by atoms with van der Waals surface area (Å²) in [4.78, 5) is 35.9. The lowest BCUT2D eigenvalue weighted by Gasteiger charge is -2.29. The number of aryl methyl sites for hydroxylation is 1. The average molecular weight is 367 g/mol. The lowest BCUT2D eigenvalue weighted by molar-refractivity contribution is 0.123. The van der Waals surface area contributed by atoms with Gasteiger partial charge in [0, 0.05) is 6.42 Å². The minimum Gasteiger partial charge on any atom is -0.367 e. The molecular formula is C13H23NO7P2. The zero-order valence-corrected chi connectivity index (χ0v) is 14.4. The molecule has 1 aromatic rings. The Labute approximate surface area is 134 Å². The normalized spacial score (nSPS) is 13.3. The molecule has 0 aliphatic carbocycles. The second kappa shape index (κ2) is 8.51. The molecular weight excluding hydrogens is 344 g/mol. The lowest BCUT2D eigenvalue weighted by Crippen LogP contribution is -2.33. The number of benzene rings is 1. The number of unbranched alkanes of at least 4 members (excludes halogenated alkanes) is 1. The van der Waals surface area contributed by atoms with Gasteiger partial charge in [0.15, 0.2) is 0 Å². The summed E-state index contributed by atoms with van der Waals surface area (Å²) < 4.78 is 22.3. The van der Waals surface area contributed by atoms with E-state index in [9.17, 15) is 14.2 Å². The van der Waals surface area contributed by atoms with Gasteiger partial charge in [-0.2, -0.15) is 0 Å². The molecule has 6 N–H and O–H groups in total. The van der Waals surface area contributed by atoms with E-state index in [1.165, 1.54) is 5.56 Å². The predicted molar refractivity (Wildman–Crippen MR) is 85.9 cm³/mol. The van der Waals surface area contributed by atoms with Crippen molar-refractivity contribution in [3.63, 3.8) is 0 Å². The fraction of sp³-hybridized carbons (Fsp3) is 0.538. The Balaban J connectivity index is 2.30. The molecule has 23 heavy (non-hydrogen) atoms. The largest absolute Gasteiger partial charge is 0.369 e. The summed E-state index contributed by atoms with van der Waals surface area (Å²) >= 11 is 0. The quantitative estimate of drug-likeness (QED) is 0.265. The van der Waals surface area contributed by atoms with Crippen molar-refractivity contribution in [1.29, 1.82) is 0 Å². The molecule has 0 aromatic heterocycles. The van der Waals surface area contributed by atoms with E-state index in [0.29, 0.717) is 6.54 Å². The van der Waals surface area contributed by atoms with E-state index in [1.54, 1.807) is 0 Å². The minimum atomic E-state index is -5.36. The van der Waals surface area contributed by atoms with E-state index in [1.807, 2.05) is 30.3 Å². The molecule has 0 bridgehead atoms. The van der Waals surface area contributed by atoms with Crippen molar-refractivity contribution in [3.8, 4) is 0 Å². The van der Waals surface area contributed by atoms with Crippen molar-refractivity contribution in [2.24, 2.45) is 0 Å². The molecule has 8 nitrogen and oxygen atoms in total. The van der Waals surface area contributed by atoms with Crippen molar-refractivity contribution < 1.29 is 33.8 Å². The Bertz CT molecular complexity index is 547. The van der Waals surface area contributed by atoms with Gasteiger partial charge < -0.3 is 30.0 Å². The first-order chi connectivity index (χ1) is 10.6. The van der Waals surface area contributed by atoms with Crippen LogP contribution in [0.4, 0.5) is 0 Å². The molecule has 1 aromatic carbocycles. The third-order valence-electron chi connectivity index (χ3n) is 3.48. The van der Waals surface area contributed by atoms with Gasteiger partial charge in [0.1, 0.15) is 0 Å². The number of rotatable bonds is 10. The van der Waals surface area contributed by atoms with E-state index in [0.717, 1.165) is 19.3 Å². The molecule has 10 heteroatoms. The van der Waals surface area contributed by atoms with Gasteiger partial charge in [-0.25, -0.2) is 0 Å². The maximum Gasteiger partial charge on any atom is 0.369 e. The molecule has 0 amide bonds. The van der Waals surface area contributed by atoms with Gasteiger partial charge >= 0.3 is 15.2 Å². The predicted octanol–water partition coefficient (Wildman–Crippen LogP) is 0.990. The molecule has 0 saturated heterocycles. The monoisotopic (exact) mass is 367 g/mol. The van der Waals surface area contributed by atoms with Gasteiger partial charge in [-0.1, -0.05) is 30.3 Å². The molecule has 0 aliphatic heterocycles. The number of hydrogen-bond acceptors (Lipinski definition) is 4. The smallest absolute Gasteiger partial charge is 0.367 e. The molecule has 0 atom stereocenters. The second-order valence-electron chi connectivity index (χ2n) is 5.31. The van der Waals surface area contributed by atoms with E-state index in [2.05, 4.69) is 5.32 Å². The zero-order valence-electron chi connectivity index (χ0n) is 12.6. The zero-order chi connectivity index (χ0) is 17.6. The van der Waals surface area contributed by atoms with E-state index < -0.39 is 26.7 Å². The molecule has 0 unspecified atom stereocenters. The highest BCUT2D eigenvalue weighted by atomic mass is 31.2. The van der Waals surface area contributed by atoms with Crippen LogP contribution in [0.15, 0.2) is 30.3 Å². The Morgan fingerprint density at radius 3 is 2.00 bits per heavy atom. The molecule has 0 spiro atoms. The summed E-state index contributed by atoms with van der Waals surface area (Å²) in [5.41, 5.74) is 1.21. The average Bonchev–Trinajstić information content (AvgIpc) is 2.44. The number of aliphatic hydroxyl groups is 1. The third kappa shape index (κ3) is 6.10. The van der Waals surface area contributed by atoms with Crippen LogP contribution in [-0.4, -0.2) is 42.9 Å². The van der Waals surface area contributed by atoms with Gasteiger partial charge in [-0.05, 0) is 37.9 Å². The van der Waals surface area contributed by atoms with Crippen molar-refractivity contribution in [1.82, 2.24) is 5.32 Å². The fourth-order valence-electron chi connectivity index (χ4n) is 2.07. The van der Waals surface area contributed by atoms with E-state index >= 15 is 0 Å².